The van der Waals surface area contributed by atoms with Gasteiger partial charge in [-0.3, -0.25) is 0 Å². The molecule has 1 heterocycles. The third kappa shape index (κ3) is 4.26. The molecule has 1 fully saturated rings. The zero-order valence-corrected chi connectivity index (χ0v) is 13.7. The molecule has 5 nitrogen and oxygen atoms in total. The lowest BCUT2D eigenvalue weighted by Gasteiger charge is -2.30. The second-order valence-corrected chi connectivity index (χ2v) is 7.66. The van der Waals surface area contributed by atoms with Gasteiger partial charge in [0.1, 0.15) is 0 Å². The van der Waals surface area contributed by atoms with Crippen LogP contribution in [0, 0.1) is 0 Å². The smallest absolute Gasteiger partial charge is 0.243 e. The van der Waals surface area contributed by atoms with E-state index in [1.807, 2.05) is 19.1 Å². The van der Waals surface area contributed by atoms with E-state index >= 15 is 0 Å². The highest BCUT2D eigenvalue weighted by Gasteiger charge is 2.28. The molecular formula is C15H24N2O3S. The average molecular weight is 312 g/mol. The average Bonchev–Trinajstić information content (AvgIpc) is 2.45. The van der Waals surface area contributed by atoms with Gasteiger partial charge in [-0.25, -0.2) is 8.42 Å². The van der Waals surface area contributed by atoms with Crippen LogP contribution in [0.4, 0.5) is 0 Å². The van der Waals surface area contributed by atoms with Crippen molar-refractivity contribution in [1.29, 1.82) is 0 Å². The summed E-state index contributed by atoms with van der Waals surface area (Å²) in [4.78, 5) is 0.352. The quantitative estimate of drug-likeness (QED) is 0.897. The number of nitrogens with zero attached hydrogens (tertiary/aromatic N) is 1. The van der Waals surface area contributed by atoms with E-state index in [9.17, 15) is 8.42 Å². The van der Waals surface area contributed by atoms with E-state index in [-0.39, 0.29) is 6.10 Å². The summed E-state index contributed by atoms with van der Waals surface area (Å²) >= 11 is 0. The second-order valence-electron chi connectivity index (χ2n) is 5.72. The molecule has 0 bridgehead atoms. The molecule has 1 N–H and O–H groups in total. The monoisotopic (exact) mass is 312 g/mol. The Kier molecular flexibility index (Phi) is 5.37. The minimum atomic E-state index is -3.41. The van der Waals surface area contributed by atoms with Gasteiger partial charge in [0.2, 0.25) is 10.0 Å². The Balaban J connectivity index is 2.09. The van der Waals surface area contributed by atoms with Crippen LogP contribution in [0.25, 0.3) is 0 Å². The third-order valence-corrected chi connectivity index (χ3v) is 5.36. The largest absolute Gasteiger partial charge is 0.376 e. The number of hydrogen-bond donors (Lipinski definition) is 1. The SMILES string of the molecule is CC(C)NCc1ccc(S(=O)(=O)N2CCOC(C)C2)cc1. The second kappa shape index (κ2) is 6.87. The molecule has 0 saturated carbocycles. The van der Waals surface area contributed by atoms with Crippen LogP contribution in [0.2, 0.25) is 0 Å². The van der Waals surface area contributed by atoms with Crippen LogP contribution in [0.5, 0.6) is 0 Å². The lowest BCUT2D eigenvalue weighted by atomic mass is 10.2. The Labute approximate surface area is 127 Å². The summed E-state index contributed by atoms with van der Waals surface area (Å²) in [5.41, 5.74) is 1.08. The molecule has 1 saturated heterocycles. The molecule has 1 aromatic rings. The summed E-state index contributed by atoms with van der Waals surface area (Å²) in [6, 6.07) is 7.51. The number of hydrogen-bond acceptors (Lipinski definition) is 4. The molecule has 6 heteroatoms. The van der Waals surface area contributed by atoms with Crippen LogP contribution >= 0.6 is 0 Å². The number of benzene rings is 1. The van der Waals surface area contributed by atoms with Gasteiger partial charge in [-0.1, -0.05) is 26.0 Å². The van der Waals surface area contributed by atoms with Crippen molar-refractivity contribution in [2.75, 3.05) is 19.7 Å². The highest BCUT2D eigenvalue weighted by molar-refractivity contribution is 7.89. The molecule has 1 aliphatic rings. The Hall–Kier alpha value is -0.950. The lowest BCUT2D eigenvalue weighted by molar-refractivity contribution is 0.0102. The summed E-state index contributed by atoms with van der Waals surface area (Å²) in [6.07, 6.45) is -0.0527. The van der Waals surface area contributed by atoms with Gasteiger partial charge in [0.25, 0.3) is 0 Å². The summed E-state index contributed by atoms with van der Waals surface area (Å²) < 4.78 is 32.0. The highest BCUT2D eigenvalue weighted by Crippen LogP contribution is 2.19. The molecule has 1 atom stereocenters. The van der Waals surface area contributed by atoms with E-state index in [2.05, 4.69) is 19.2 Å². The molecule has 21 heavy (non-hydrogen) atoms. The molecule has 0 spiro atoms. The third-order valence-electron chi connectivity index (χ3n) is 3.48. The molecule has 1 aliphatic heterocycles. The topological polar surface area (TPSA) is 58.6 Å². The number of nitrogens with one attached hydrogen (secondary N) is 1. The Morgan fingerprint density at radius 3 is 2.57 bits per heavy atom. The molecule has 118 valence electrons. The van der Waals surface area contributed by atoms with Crippen LogP contribution in [0.1, 0.15) is 26.3 Å². The fourth-order valence-corrected chi connectivity index (χ4v) is 3.75. The number of sulfonamides is 1. The maximum atomic E-state index is 12.6. The zero-order chi connectivity index (χ0) is 15.5. The van der Waals surface area contributed by atoms with Crippen LogP contribution in [-0.4, -0.2) is 44.6 Å². The fraction of sp³-hybridized carbons (Fsp3) is 0.600. The standard InChI is InChI=1S/C15H24N2O3S/c1-12(2)16-10-14-4-6-15(7-5-14)21(18,19)17-8-9-20-13(3)11-17/h4-7,12-13,16H,8-11H2,1-3H3. The summed E-state index contributed by atoms with van der Waals surface area (Å²) in [5, 5.41) is 3.31. The fourth-order valence-electron chi connectivity index (χ4n) is 2.26. The van der Waals surface area contributed by atoms with Crippen molar-refractivity contribution in [1.82, 2.24) is 9.62 Å². The molecule has 0 radical (unpaired) electrons. The van der Waals surface area contributed by atoms with Gasteiger partial charge >= 0.3 is 0 Å². The number of ether oxygens (including phenoxy) is 1. The first-order chi connectivity index (χ1) is 9.89. The Bertz CT molecular complexity index is 555. The summed E-state index contributed by atoms with van der Waals surface area (Å²) in [6.45, 7) is 8.09. The molecule has 0 amide bonds. The van der Waals surface area contributed by atoms with E-state index in [4.69, 9.17) is 4.74 Å². The van der Waals surface area contributed by atoms with Gasteiger partial charge in [0.15, 0.2) is 0 Å². The molecule has 2 rings (SSSR count). The normalized spacial score (nSPS) is 20.9. The van der Waals surface area contributed by atoms with Crippen LogP contribution in [-0.2, 0) is 21.3 Å². The van der Waals surface area contributed by atoms with Gasteiger partial charge in [-0.05, 0) is 24.6 Å². The molecule has 1 unspecified atom stereocenters. The lowest BCUT2D eigenvalue weighted by Crippen LogP contribution is -2.44. The minimum Gasteiger partial charge on any atom is -0.376 e. The first kappa shape index (κ1) is 16.4. The van der Waals surface area contributed by atoms with Crippen molar-refractivity contribution >= 4 is 10.0 Å². The van der Waals surface area contributed by atoms with Gasteiger partial charge < -0.3 is 10.1 Å². The van der Waals surface area contributed by atoms with Crippen LogP contribution in [0.3, 0.4) is 0 Å². The van der Waals surface area contributed by atoms with E-state index in [0.29, 0.717) is 30.6 Å². The van der Waals surface area contributed by atoms with Gasteiger partial charge in [0, 0.05) is 25.7 Å². The Morgan fingerprint density at radius 1 is 1.33 bits per heavy atom. The highest BCUT2D eigenvalue weighted by atomic mass is 32.2. The first-order valence-electron chi connectivity index (χ1n) is 7.33. The molecular weight excluding hydrogens is 288 g/mol. The first-order valence-corrected chi connectivity index (χ1v) is 8.77. The minimum absolute atomic E-state index is 0.0527. The van der Waals surface area contributed by atoms with Crippen LogP contribution in [0.15, 0.2) is 29.2 Å². The number of rotatable bonds is 5. The predicted molar refractivity (Wildman–Crippen MR) is 82.6 cm³/mol. The van der Waals surface area contributed by atoms with Crippen molar-refractivity contribution in [3.63, 3.8) is 0 Å². The van der Waals surface area contributed by atoms with Crippen molar-refractivity contribution in [3.05, 3.63) is 29.8 Å². The molecule has 0 aliphatic carbocycles. The molecule has 0 aromatic heterocycles. The van der Waals surface area contributed by atoms with E-state index in [0.717, 1.165) is 12.1 Å². The van der Waals surface area contributed by atoms with Gasteiger partial charge in [-0.15, -0.1) is 0 Å². The van der Waals surface area contributed by atoms with Crippen molar-refractivity contribution in [2.45, 2.75) is 44.4 Å². The van der Waals surface area contributed by atoms with Crippen LogP contribution < -0.4 is 5.32 Å². The maximum absolute atomic E-state index is 12.6. The maximum Gasteiger partial charge on any atom is 0.243 e. The van der Waals surface area contributed by atoms with Crippen molar-refractivity contribution in [2.24, 2.45) is 0 Å². The van der Waals surface area contributed by atoms with Gasteiger partial charge in [-0.2, -0.15) is 4.31 Å². The summed E-state index contributed by atoms with van der Waals surface area (Å²) in [7, 11) is -3.41. The zero-order valence-electron chi connectivity index (χ0n) is 12.9. The van der Waals surface area contributed by atoms with E-state index < -0.39 is 10.0 Å². The van der Waals surface area contributed by atoms with Gasteiger partial charge in [0.05, 0.1) is 17.6 Å². The van der Waals surface area contributed by atoms with E-state index in [1.54, 1.807) is 12.1 Å². The van der Waals surface area contributed by atoms with E-state index in [1.165, 1.54) is 4.31 Å². The Morgan fingerprint density at radius 2 is 2.00 bits per heavy atom. The van der Waals surface area contributed by atoms with Crippen molar-refractivity contribution in [3.8, 4) is 0 Å². The predicted octanol–water partition coefficient (Wildman–Crippen LogP) is 1.59. The number of morpholine rings is 1. The summed E-state index contributed by atoms with van der Waals surface area (Å²) in [5.74, 6) is 0. The van der Waals surface area contributed by atoms with Crippen molar-refractivity contribution < 1.29 is 13.2 Å². The molecule has 1 aromatic carbocycles.